The van der Waals surface area contributed by atoms with Gasteiger partial charge < -0.3 is 10.1 Å². The van der Waals surface area contributed by atoms with Crippen molar-refractivity contribution in [3.8, 4) is 0 Å². The molecule has 0 spiro atoms. The van der Waals surface area contributed by atoms with Gasteiger partial charge in [0.2, 0.25) is 0 Å². The average molecular weight is 391 g/mol. The number of dihydropyridines is 1. The number of carbonyl (C=O) groups is 2. The number of amides is 1. The molecule has 0 fully saturated rings. The first-order valence-corrected chi connectivity index (χ1v) is 8.83. The van der Waals surface area contributed by atoms with Gasteiger partial charge in [-0.25, -0.2) is 9.79 Å². The lowest BCUT2D eigenvalue weighted by Crippen LogP contribution is -2.36. The molecule has 7 heteroatoms. The van der Waals surface area contributed by atoms with Gasteiger partial charge in [-0.3, -0.25) is 4.79 Å². The quantitative estimate of drug-likeness (QED) is 0.616. The molecular weight excluding hydrogens is 375 g/mol. The molecule has 1 aliphatic carbocycles. The molecule has 1 unspecified atom stereocenters. The van der Waals surface area contributed by atoms with Gasteiger partial charge in [0.25, 0.3) is 5.91 Å². The van der Waals surface area contributed by atoms with Gasteiger partial charge in [0.1, 0.15) is 5.57 Å². The first kappa shape index (κ1) is 18.4. The maximum atomic E-state index is 12.5. The molecule has 1 amide bonds. The highest BCUT2D eigenvalue weighted by Gasteiger charge is 2.36. The summed E-state index contributed by atoms with van der Waals surface area (Å²) >= 11 is 12.1. The molecule has 5 nitrogen and oxygen atoms in total. The number of halogens is 2. The highest BCUT2D eigenvalue weighted by Crippen LogP contribution is 2.31. The highest BCUT2D eigenvalue weighted by molar-refractivity contribution is 6.46. The topological polar surface area (TPSA) is 67.8 Å². The second-order valence-electron chi connectivity index (χ2n) is 5.67. The summed E-state index contributed by atoms with van der Waals surface area (Å²) in [5.41, 5.74) is 1.72. The zero-order valence-corrected chi connectivity index (χ0v) is 15.5. The molecule has 1 N–H and O–H groups in total. The van der Waals surface area contributed by atoms with Crippen molar-refractivity contribution in [1.82, 2.24) is 5.32 Å². The Labute approximate surface area is 161 Å². The van der Waals surface area contributed by atoms with E-state index in [0.717, 1.165) is 5.56 Å². The molecule has 2 aliphatic rings. The largest absolute Gasteiger partial charge is 0.462 e. The first-order valence-electron chi connectivity index (χ1n) is 8.08. The number of benzene rings is 1. The lowest BCUT2D eigenvalue weighted by atomic mass is 9.88. The van der Waals surface area contributed by atoms with E-state index in [9.17, 15) is 9.59 Å². The van der Waals surface area contributed by atoms with Crippen LogP contribution in [0.15, 0.2) is 63.8 Å². The molecule has 1 aromatic carbocycles. The predicted octanol–water partition coefficient (Wildman–Crippen LogP) is 3.54. The minimum Gasteiger partial charge on any atom is -0.462 e. The summed E-state index contributed by atoms with van der Waals surface area (Å²) in [7, 11) is 0. The number of nitrogens with one attached hydrogen (secondary N) is 1. The number of carbonyl (C=O) groups excluding carboxylic acids is 2. The van der Waals surface area contributed by atoms with Gasteiger partial charge in [0, 0.05) is 17.3 Å². The Balaban J connectivity index is 1.95. The summed E-state index contributed by atoms with van der Waals surface area (Å²) in [5, 5.41) is 4.20. The summed E-state index contributed by atoms with van der Waals surface area (Å²) in [6.07, 6.45) is 5.27. The van der Waals surface area contributed by atoms with Crippen molar-refractivity contribution in [2.45, 2.75) is 13.5 Å². The van der Waals surface area contributed by atoms with E-state index in [0.29, 0.717) is 28.0 Å². The number of allylic oxidation sites excluding steroid dienone is 4. The molecule has 3 rings (SSSR count). The average Bonchev–Trinajstić information content (AvgIpc) is 2.62. The van der Waals surface area contributed by atoms with E-state index in [4.69, 9.17) is 27.9 Å². The van der Waals surface area contributed by atoms with E-state index in [1.807, 2.05) is 18.2 Å². The standard InChI is InChI=1S/C19H16Cl2N2O3/c1-2-26-19(25)15-17(22-10-11-6-8-12(20)9-7-11)13-4-3-5-14(21)16(13)23-18(15)24/h3-9,13,22H,2,10H2,1H3. The minimum absolute atomic E-state index is 0.0921. The van der Waals surface area contributed by atoms with Gasteiger partial charge in [-0.15, -0.1) is 0 Å². The number of nitrogens with zero attached hydrogens (tertiary/aromatic N) is 1. The number of ether oxygens (including phenoxy) is 1. The fraction of sp³-hybridized carbons (Fsp3) is 0.211. The van der Waals surface area contributed by atoms with Crippen LogP contribution in [0, 0.1) is 5.92 Å². The molecule has 1 heterocycles. The van der Waals surface area contributed by atoms with Crippen molar-refractivity contribution in [2.75, 3.05) is 6.61 Å². The predicted molar refractivity (Wildman–Crippen MR) is 101 cm³/mol. The smallest absolute Gasteiger partial charge is 0.345 e. The molecule has 0 saturated heterocycles. The summed E-state index contributed by atoms with van der Waals surface area (Å²) in [6.45, 7) is 2.25. The monoisotopic (exact) mass is 390 g/mol. The van der Waals surface area contributed by atoms with E-state index < -0.39 is 17.8 Å². The van der Waals surface area contributed by atoms with E-state index in [-0.39, 0.29) is 12.2 Å². The molecule has 1 aromatic rings. The SMILES string of the molecule is CCOC(=O)C1=C(NCc2ccc(Cl)cc2)C2C=CC=C(Cl)C2=NC1=O. The van der Waals surface area contributed by atoms with Crippen molar-refractivity contribution >= 4 is 40.8 Å². The van der Waals surface area contributed by atoms with Crippen LogP contribution in [-0.4, -0.2) is 24.2 Å². The third-order valence-corrected chi connectivity index (χ3v) is 4.55. The highest BCUT2D eigenvalue weighted by atomic mass is 35.5. The fourth-order valence-electron chi connectivity index (χ4n) is 2.77. The molecule has 0 aromatic heterocycles. The number of aliphatic imine (C=N–C) groups is 1. The van der Waals surface area contributed by atoms with Crippen molar-refractivity contribution in [3.05, 3.63) is 69.4 Å². The molecule has 0 bridgehead atoms. The van der Waals surface area contributed by atoms with Crippen LogP contribution in [0.2, 0.25) is 5.02 Å². The van der Waals surface area contributed by atoms with Crippen molar-refractivity contribution in [2.24, 2.45) is 10.9 Å². The maximum Gasteiger partial charge on any atom is 0.345 e. The number of hydrogen-bond acceptors (Lipinski definition) is 4. The third-order valence-electron chi connectivity index (χ3n) is 3.98. The fourth-order valence-corrected chi connectivity index (χ4v) is 3.13. The van der Waals surface area contributed by atoms with Crippen molar-refractivity contribution in [3.63, 3.8) is 0 Å². The summed E-state index contributed by atoms with van der Waals surface area (Å²) in [5.74, 6) is -1.76. The van der Waals surface area contributed by atoms with Gasteiger partial charge in [-0.1, -0.05) is 47.5 Å². The van der Waals surface area contributed by atoms with Gasteiger partial charge in [-0.2, -0.15) is 0 Å². The van der Waals surface area contributed by atoms with Crippen LogP contribution in [0.4, 0.5) is 0 Å². The van der Waals surface area contributed by atoms with Crippen LogP contribution in [0.1, 0.15) is 12.5 Å². The Hall–Kier alpha value is -2.37. The molecule has 1 aliphatic heterocycles. The Bertz CT molecular complexity index is 867. The van der Waals surface area contributed by atoms with E-state index in [1.54, 1.807) is 31.2 Å². The number of esters is 1. The zero-order chi connectivity index (χ0) is 18.7. The minimum atomic E-state index is -0.696. The lowest BCUT2D eigenvalue weighted by Gasteiger charge is -2.27. The Kier molecular flexibility index (Phi) is 5.59. The molecule has 1 atom stereocenters. The van der Waals surface area contributed by atoms with Crippen LogP contribution >= 0.6 is 23.2 Å². The molecule has 26 heavy (non-hydrogen) atoms. The molecular formula is C19H16Cl2N2O3. The molecule has 0 saturated carbocycles. The van der Waals surface area contributed by atoms with E-state index >= 15 is 0 Å². The van der Waals surface area contributed by atoms with Gasteiger partial charge in [0.15, 0.2) is 0 Å². The van der Waals surface area contributed by atoms with Gasteiger partial charge in [-0.05, 0) is 30.7 Å². The number of rotatable bonds is 5. The van der Waals surface area contributed by atoms with Crippen LogP contribution in [0.5, 0.6) is 0 Å². The van der Waals surface area contributed by atoms with Crippen molar-refractivity contribution in [1.29, 1.82) is 0 Å². The van der Waals surface area contributed by atoms with Crippen LogP contribution in [0.3, 0.4) is 0 Å². The van der Waals surface area contributed by atoms with Crippen LogP contribution < -0.4 is 5.32 Å². The van der Waals surface area contributed by atoms with Crippen LogP contribution in [-0.2, 0) is 20.9 Å². The van der Waals surface area contributed by atoms with Gasteiger partial charge in [0.05, 0.1) is 23.3 Å². The lowest BCUT2D eigenvalue weighted by molar-refractivity contribution is -0.140. The Morgan fingerprint density at radius 2 is 2.00 bits per heavy atom. The van der Waals surface area contributed by atoms with E-state index in [1.165, 1.54) is 0 Å². The summed E-state index contributed by atoms with van der Waals surface area (Å²) in [4.78, 5) is 28.8. The third kappa shape index (κ3) is 3.74. The number of hydrogen-bond donors (Lipinski definition) is 1. The van der Waals surface area contributed by atoms with Gasteiger partial charge >= 0.3 is 5.97 Å². The summed E-state index contributed by atoms with van der Waals surface area (Å²) in [6, 6.07) is 7.28. The van der Waals surface area contributed by atoms with E-state index in [2.05, 4.69) is 10.3 Å². The summed E-state index contributed by atoms with van der Waals surface area (Å²) < 4.78 is 5.04. The number of fused-ring (bicyclic) bond motifs is 1. The Morgan fingerprint density at radius 1 is 1.27 bits per heavy atom. The second kappa shape index (κ2) is 7.89. The second-order valence-corrected chi connectivity index (χ2v) is 6.51. The normalized spacial score (nSPS) is 18.9. The zero-order valence-electron chi connectivity index (χ0n) is 14.0. The van der Waals surface area contributed by atoms with Crippen molar-refractivity contribution < 1.29 is 14.3 Å². The van der Waals surface area contributed by atoms with Crippen LogP contribution in [0.25, 0.3) is 0 Å². The first-order chi connectivity index (χ1) is 12.5. The maximum absolute atomic E-state index is 12.5. The molecule has 0 radical (unpaired) electrons. The molecule has 134 valence electrons. The Morgan fingerprint density at radius 3 is 2.69 bits per heavy atom.